The Labute approximate surface area is 173 Å². The molecule has 2 aromatic rings. The molecule has 1 aliphatic rings. The van der Waals surface area contributed by atoms with Gasteiger partial charge >= 0.3 is 0 Å². The van der Waals surface area contributed by atoms with E-state index in [1.165, 1.54) is 16.8 Å². The highest BCUT2D eigenvalue weighted by atomic mass is 16.1. The molecule has 1 amide bonds. The Kier molecular flexibility index (Phi) is 6.69. The van der Waals surface area contributed by atoms with Crippen LogP contribution in [0.25, 0.3) is 0 Å². The van der Waals surface area contributed by atoms with Crippen LogP contribution in [0, 0.1) is 20.8 Å². The first-order valence-corrected chi connectivity index (χ1v) is 10.2. The zero-order valence-electron chi connectivity index (χ0n) is 18.2. The number of hydrogen-bond donors (Lipinski definition) is 1. The third kappa shape index (κ3) is 5.23. The van der Waals surface area contributed by atoms with Gasteiger partial charge in [0.05, 0.1) is 0 Å². The molecule has 2 heterocycles. The summed E-state index contributed by atoms with van der Waals surface area (Å²) < 4.78 is 0. The van der Waals surface area contributed by atoms with E-state index in [1.807, 2.05) is 25.9 Å². The molecule has 0 spiro atoms. The van der Waals surface area contributed by atoms with Crippen molar-refractivity contribution in [3.63, 3.8) is 0 Å². The largest absolute Gasteiger partial charge is 0.368 e. The maximum Gasteiger partial charge on any atom is 0.270 e. The lowest BCUT2D eigenvalue weighted by atomic mass is 10.1. The molecule has 1 saturated heterocycles. The number of nitrogens with one attached hydrogen (secondary N) is 1. The van der Waals surface area contributed by atoms with Gasteiger partial charge in [-0.05, 0) is 58.1 Å². The molecule has 1 N–H and O–H groups in total. The van der Waals surface area contributed by atoms with Crippen LogP contribution in [0.15, 0.2) is 24.3 Å². The molecule has 0 saturated carbocycles. The number of nitrogens with zero attached hydrogens (tertiary/aromatic N) is 5. The van der Waals surface area contributed by atoms with E-state index >= 15 is 0 Å². The van der Waals surface area contributed by atoms with Gasteiger partial charge in [-0.2, -0.15) is 0 Å². The van der Waals surface area contributed by atoms with Gasteiger partial charge in [-0.3, -0.25) is 4.79 Å². The predicted octanol–water partition coefficient (Wildman–Crippen LogP) is 2.02. The summed E-state index contributed by atoms with van der Waals surface area (Å²) >= 11 is 0. The van der Waals surface area contributed by atoms with Crippen LogP contribution in [-0.4, -0.2) is 74.1 Å². The molecule has 7 heteroatoms. The molecule has 1 aliphatic heterocycles. The van der Waals surface area contributed by atoms with E-state index in [2.05, 4.69) is 57.1 Å². The van der Waals surface area contributed by atoms with Crippen LogP contribution in [0.3, 0.4) is 0 Å². The third-order valence-electron chi connectivity index (χ3n) is 5.40. The van der Waals surface area contributed by atoms with E-state index in [0.29, 0.717) is 18.2 Å². The first-order valence-electron chi connectivity index (χ1n) is 10.2. The van der Waals surface area contributed by atoms with Crippen LogP contribution in [-0.2, 0) is 0 Å². The summed E-state index contributed by atoms with van der Waals surface area (Å²) in [7, 11) is 3.97. The zero-order chi connectivity index (χ0) is 21.0. The van der Waals surface area contributed by atoms with Gasteiger partial charge in [-0.1, -0.05) is 12.1 Å². The minimum Gasteiger partial charge on any atom is -0.368 e. The lowest BCUT2D eigenvalue weighted by molar-refractivity contribution is 0.0946. The summed E-state index contributed by atoms with van der Waals surface area (Å²) in [6.07, 6.45) is 0. The SMILES string of the molecule is Cc1cc(C(=O)NCCN(C)C)nc(N2CCN(c3cccc(C)c3C)CC2)n1. The number of likely N-dealkylation sites (N-methyl/N-ethyl adjacent to an activating group) is 1. The highest BCUT2D eigenvalue weighted by Crippen LogP contribution is 2.24. The van der Waals surface area contributed by atoms with E-state index in [0.717, 1.165) is 38.4 Å². The molecule has 3 rings (SSSR count). The topological polar surface area (TPSA) is 64.6 Å². The third-order valence-corrected chi connectivity index (χ3v) is 5.40. The Bertz CT molecular complexity index is 858. The second-order valence-electron chi connectivity index (χ2n) is 7.95. The predicted molar refractivity (Wildman–Crippen MR) is 118 cm³/mol. The summed E-state index contributed by atoms with van der Waals surface area (Å²) in [5, 5.41) is 2.93. The van der Waals surface area contributed by atoms with Crippen LogP contribution in [0.4, 0.5) is 11.6 Å². The van der Waals surface area contributed by atoms with Gasteiger partial charge in [-0.25, -0.2) is 9.97 Å². The Morgan fingerprint density at radius 1 is 1.07 bits per heavy atom. The number of hydrogen-bond acceptors (Lipinski definition) is 6. The van der Waals surface area contributed by atoms with Crippen molar-refractivity contribution in [1.29, 1.82) is 0 Å². The molecule has 0 atom stereocenters. The Morgan fingerprint density at radius 3 is 2.45 bits per heavy atom. The van der Waals surface area contributed by atoms with E-state index in [9.17, 15) is 4.79 Å². The minimum atomic E-state index is -0.146. The molecule has 156 valence electrons. The fourth-order valence-electron chi connectivity index (χ4n) is 3.52. The van der Waals surface area contributed by atoms with Crippen LogP contribution in [0.5, 0.6) is 0 Å². The number of piperazine rings is 1. The molecule has 29 heavy (non-hydrogen) atoms. The van der Waals surface area contributed by atoms with Crippen molar-refractivity contribution in [2.75, 3.05) is 63.2 Å². The van der Waals surface area contributed by atoms with Gasteiger partial charge < -0.3 is 20.0 Å². The number of anilines is 2. The number of rotatable bonds is 6. The average Bonchev–Trinajstić information content (AvgIpc) is 2.69. The van der Waals surface area contributed by atoms with Gasteiger partial charge in [0, 0.05) is 50.6 Å². The fourth-order valence-corrected chi connectivity index (χ4v) is 3.52. The standard InChI is InChI=1S/C22H32N6O/c1-16-7-6-8-20(18(16)3)27-11-13-28(14-12-27)22-24-17(2)15-19(25-22)21(29)23-9-10-26(4)5/h6-8,15H,9-14H2,1-5H3,(H,23,29). The number of benzene rings is 1. The fraction of sp³-hybridized carbons (Fsp3) is 0.500. The van der Waals surface area contributed by atoms with E-state index in [4.69, 9.17) is 0 Å². The second-order valence-corrected chi connectivity index (χ2v) is 7.95. The lowest BCUT2D eigenvalue weighted by Gasteiger charge is -2.37. The number of aromatic nitrogens is 2. The quantitative estimate of drug-likeness (QED) is 0.806. The highest BCUT2D eigenvalue weighted by Gasteiger charge is 2.22. The first-order chi connectivity index (χ1) is 13.8. The molecule has 1 fully saturated rings. The number of carbonyl (C=O) groups excluding carboxylic acids is 1. The first kappa shape index (κ1) is 21.0. The lowest BCUT2D eigenvalue weighted by Crippen LogP contribution is -2.47. The van der Waals surface area contributed by atoms with Crippen LogP contribution in [0.1, 0.15) is 27.3 Å². The summed E-state index contributed by atoms with van der Waals surface area (Å²) in [6, 6.07) is 8.22. The highest BCUT2D eigenvalue weighted by molar-refractivity contribution is 5.92. The van der Waals surface area contributed by atoms with Gasteiger partial charge in [0.25, 0.3) is 5.91 Å². The Hall–Kier alpha value is -2.67. The molecular formula is C22H32N6O. The van der Waals surface area contributed by atoms with Crippen LogP contribution in [0.2, 0.25) is 0 Å². The van der Waals surface area contributed by atoms with Crippen molar-refractivity contribution >= 4 is 17.5 Å². The van der Waals surface area contributed by atoms with E-state index in [1.54, 1.807) is 6.07 Å². The molecule has 1 aromatic heterocycles. The van der Waals surface area contributed by atoms with Gasteiger partial charge in [-0.15, -0.1) is 0 Å². The van der Waals surface area contributed by atoms with Gasteiger partial charge in [0.2, 0.25) is 5.95 Å². The normalized spacial score (nSPS) is 14.4. The summed E-state index contributed by atoms with van der Waals surface area (Å²) in [6.45, 7) is 11.1. The van der Waals surface area contributed by atoms with Crippen molar-refractivity contribution in [3.05, 3.63) is 46.8 Å². The number of aryl methyl sites for hydroxylation is 2. The molecule has 1 aromatic carbocycles. The number of carbonyl (C=O) groups is 1. The average molecular weight is 397 g/mol. The summed E-state index contributed by atoms with van der Waals surface area (Å²) in [5.74, 6) is 0.496. The monoisotopic (exact) mass is 396 g/mol. The Morgan fingerprint density at radius 2 is 1.76 bits per heavy atom. The number of amides is 1. The van der Waals surface area contributed by atoms with Gasteiger partial charge in [0.1, 0.15) is 5.69 Å². The molecule has 0 aliphatic carbocycles. The van der Waals surface area contributed by atoms with Crippen LogP contribution >= 0.6 is 0 Å². The Balaban J connectivity index is 1.66. The van der Waals surface area contributed by atoms with Crippen LogP contribution < -0.4 is 15.1 Å². The van der Waals surface area contributed by atoms with Crippen molar-refractivity contribution in [2.24, 2.45) is 0 Å². The van der Waals surface area contributed by atoms with E-state index < -0.39 is 0 Å². The minimum absolute atomic E-state index is 0.146. The van der Waals surface area contributed by atoms with Crippen molar-refractivity contribution in [1.82, 2.24) is 20.2 Å². The van der Waals surface area contributed by atoms with Gasteiger partial charge in [0.15, 0.2) is 0 Å². The van der Waals surface area contributed by atoms with Crippen molar-refractivity contribution in [2.45, 2.75) is 20.8 Å². The molecule has 0 unspecified atom stereocenters. The molecular weight excluding hydrogens is 364 g/mol. The smallest absolute Gasteiger partial charge is 0.270 e. The maximum absolute atomic E-state index is 12.5. The maximum atomic E-state index is 12.5. The molecule has 7 nitrogen and oxygen atoms in total. The summed E-state index contributed by atoms with van der Waals surface area (Å²) in [4.78, 5) is 28.2. The van der Waals surface area contributed by atoms with Crippen molar-refractivity contribution in [3.8, 4) is 0 Å². The van der Waals surface area contributed by atoms with E-state index in [-0.39, 0.29) is 5.91 Å². The second kappa shape index (κ2) is 9.22. The molecule has 0 radical (unpaired) electrons. The summed E-state index contributed by atoms with van der Waals surface area (Å²) in [5.41, 5.74) is 5.20. The zero-order valence-corrected chi connectivity index (χ0v) is 18.2. The van der Waals surface area contributed by atoms with Crippen molar-refractivity contribution < 1.29 is 4.79 Å². The molecule has 0 bridgehead atoms.